The van der Waals surface area contributed by atoms with Crippen molar-refractivity contribution in [2.75, 3.05) is 7.05 Å². The average Bonchev–Trinajstić information content (AvgIpc) is 2.43. The molecular weight excluding hydrogens is 261 g/mol. The Morgan fingerprint density at radius 1 is 1.00 bits per heavy atom. The summed E-state index contributed by atoms with van der Waals surface area (Å²) >= 11 is 0. The van der Waals surface area contributed by atoms with E-state index in [0.29, 0.717) is 0 Å². The largest absolute Gasteiger partial charge is 0.309 e. The van der Waals surface area contributed by atoms with E-state index in [9.17, 15) is 4.39 Å². The maximum Gasteiger partial charge on any atom is 0.123 e. The minimum atomic E-state index is -0.192. The van der Waals surface area contributed by atoms with Crippen LogP contribution < -0.4 is 5.32 Å². The van der Waals surface area contributed by atoms with Crippen LogP contribution in [0.2, 0.25) is 0 Å². The first-order valence-corrected chi connectivity index (χ1v) is 7.36. The van der Waals surface area contributed by atoms with Crippen LogP contribution >= 0.6 is 0 Å². The Hall–Kier alpha value is -1.67. The summed E-state index contributed by atoms with van der Waals surface area (Å²) in [6, 6.07) is 13.6. The zero-order chi connectivity index (χ0) is 15.6. The van der Waals surface area contributed by atoms with E-state index in [-0.39, 0.29) is 17.3 Å². The number of rotatable bonds is 3. The predicted molar refractivity (Wildman–Crippen MR) is 87.2 cm³/mol. The second-order valence-corrected chi connectivity index (χ2v) is 6.59. The Morgan fingerprint density at radius 2 is 1.62 bits per heavy atom. The molecule has 2 rings (SSSR count). The number of aryl methyl sites for hydroxylation is 1. The topological polar surface area (TPSA) is 12.0 Å². The van der Waals surface area contributed by atoms with Gasteiger partial charge >= 0.3 is 0 Å². The van der Waals surface area contributed by atoms with E-state index in [1.54, 1.807) is 6.07 Å². The lowest BCUT2D eigenvalue weighted by molar-refractivity contribution is 0.588. The van der Waals surface area contributed by atoms with Crippen molar-refractivity contribution >= 4 is 0 Å². The van der Waals surface area contributed by atoms with Crippen LogP contribution in [0.25, 0.3) is 0 Å². The molecule has 0 aliphatic heterocycles. The molecular formula is C19H24FN. The second kappa shape index (κ2) is 5.98. The third-order valence-electron chi connectivity index (χ3n) is 3.95. The van der Waals surface area contributed by atoms with Gasteiger partial charge in [-0.2, -0.15) is 0 Å². The van der Waals surface area contributed by atoms with Crippen LogP contribution in [-0.4, -0.2) is 7.05 Å². The molecule has 2 heteroatoms. The first-order chi connectivity index (χ1) is 9.82. The molecule has 0 fully saturated rings. The van der Waals surface area contributed by atoms with E-state index in [1.807, 2.05) is 20.0 Å². The summed E-state index contributed by atoms with van der Waals surface area (Å²) in [7, 11) is 1.91. The highest BCUT2D eigenvalue weighted by atomic mass is 19.1. The number of hydrogen-bond donors (Lipinski definition) is 1. The molecule has 2 aromatic rings. The summed E-state index contributed by atoms with van der Waals surface area (Å²) in [6.07, 6.45) is 0. The molecule has 0 saturated carbocycles. The fourth-order valence-corrected chi connectivity index (χ4v) is 2.60. The Bertz CT molecular complexity index is 608. The summed E-state index contributed by atoms with van der Waals surface area (Å²) in [5, 5.41) is 3.29. The molecule has 1 N–H and O–H groups in total. The van der Waals surface area contributed by atoms with Gasteiger partial charge in [0, 0.05) is 0 Å². The van der Waals surface area contributed by atoms with Crippen molar-refractivity contribution in [2.45, 2.75) is 39.2 Å². The third kappa shape index (κ3) is 3.51. The minimum Gasteiger partial charge on any atom is -0.309 e. The van der Waals surface area contributed by atoms with Crippen molar-refractivity contribution in [2.24, 2.45) is 0 Å². The van der Waals surface area contributed by atoms with Crippen LogP contribution in [0.1, 0.15) is 49.1 Å². The molecule has 1 atom stereocenters. The molecule has 1 unspecified atom stereocenters. The number of halogens is 1. The summed E-state index contributed by atoms with van der Waals surface area (Å²) in [6.45, 7) is 8.62. The lowest BCUT2D eigenvalue weighted by Gasteiger charge is -2.22. The van der Waals surface area contributed by atoms with Gasteiger partial charge in [-0.05, 0) is 53.8 Å². The minimum absolute atomic E-state index is 0.00900. The van der Waals surface area contributed by atoms with Crippen molar-refractivity contribution in [3.63, 3.8) is 0 Å². The third-order valence-corrected chi connectivity index (χ3v) is 3.95. The Labute approximate surface area is 127 Å². The fourth-order valence-electron chi connectivity index (χ4n) is 2.60. The summed E-state index contributed by atoms with van der Waals surface area (Å²) in [4.78, 5) is 0. The van der Waals surface area contributed by atoms with Crippen molar-refractivity contribution < 1.29 is 4.39 Å². The smallest absolute Gasteiger partial charge is 0.123 e. The van der Waals surface area contributed by atoms with Crippen molar-refractivity contribution in [1.82, 2.24) is 5.32 Å². The van der Waals surface area contributed by atoms with Gasteiger partial charge < -0.3 is 5.32 Å². The standard InChI is InChI=1S/C19H24FN/c1-13-6-11-16(20)12-17(13)18(21-5)14-7-9-15(10-8-14)19(2,3)4/h6-12,18,21H,1-5H3. The Balaban J connectivity index is 2.40. The van der Waals surface area contributed by atoms with Gasteiger partial charge in [0.05, 0.1) is 6.04 Å². The highest BCUT2D eigenvalue weighted by Gasteiger charge is 2.17. The van der Waals surface area contributed by atoms with E-state index in [4.69, 9.17) is 0 Å². The highest BCUT2D eigenvalue weighted by molar-refractivity contribution is 5.39. The predicted octanol–water partition coefficient (Wildman–Crippen LogP) is 4.74. The second-order valence-electron chi connectivity index (χ2n) is 6.59. The number of nitrogens with one attached hydrogen (secondary N) is 1. The normalized spacial score (nSPS) is 13.2. The maximum atomic E-state index is 13.6. The van der Waals surface area contributed by atoms with Crippen LogP contribution in [0.4, 0.5) is 4.39 Å². The zero-order valence-electron chi connectivity index (χ0n) is 13.5. The van der Waals surface area contributed by atoms with E-state index >= 15 is 0 Å². The monoisotopic (exact) mass is 285 g/mol. The van der Waals surface area contributed by atoms with Gasteiger partial charge in [-0.1, -0.05) is 51.1 Å². The van der Waals surface area contributed by atoms with Crippen molar-refractivity contribution in [3.8, 4) is 0 Å². The fraction of sp³-hybridized carbons (Fsp3) is 0.368. The lowest BCUT2D eigenvalue weighted by Crippen LogP contribution is -2.19. The van der Waals surface area contributed by atoms with Crippen molar-refractivity contribution in [1.29, 1.82) is 0 Å². The molecule has 0 radical (unpaired) electrons. The molecule has 0 aromatic heterocycles. The van der Waals surface area contributed by atoms with E-state index in [0.717, 1.165) is 16.7 Å². The van der Waals surface area contributed by atoms with Gasteiger partial charge in [-0.15, -0.1) is 0 Å². The molecule has 2 aromatic carbocycles. The molecule has 21 heavy (non-hydrogen) atoms. The first kappa shape index (κ1) is 15.7. The van der Waals surface area contributed by atoms with Crippen LogP contribution in [0.5, 0.6) is 0 Å². The number of hydrogen-bond acceptors (Lipinski definition) is 1. The highest BCUT2D eigenvalue weighted by Crippen LogP contribution is 2.28. The molecule has 1 nitrogen and oxygen atoms in total. The molecule has 0 amide bonds. The molecule has 0 spiro atoms. The summed E-state index contributed by atoms with van der Waals surface area (Å²) in [5.41, 5.74) is 4.68. The Morgan fingerprint density at radius 3 is 2.14 bits per heavy atom. The van der Waals surface area contributed by atoms with Gasteiger partial charge in [-0.25, -0.2) is 4.39 Å². The van der Waals surface area contributed by atoms with E-state index < -0.39 is 0 Å². The molecule has 0 aliphatic rings. The van der Waals surface area contributed by atoms with Crippen LogP contribution in [0.15, 0.2) is 42.5 Å². The van der Waals surface area contributed by atoms with Gasteiger partial charge in [-0.3, -0.25) is 0 Å². The zero-order valence-corrected chi connectivity index (χ0v) is 13.5. The van der Waals surface area contributed by atoms with Crippen molar-refractivity contribution in [3.05, 3.63) is 70.5 Å². The van der Waals surface area contributed by atoms with Crippen LogP contribution in [-0.2, 0) is 5.41 Å². The summed E-state index contributed by atoms with van der Waals surface area (Å²) in [5.74, 6) is -0.192. The van der Waals surface area contributed by atoms with E-state index in [1.165, 1.54) is 11.6 Å². The van der Waals surface area contributed by atoms with E-state index in [2.05, 4.69) is 50.4 Å². The average molecular weight is 285 g/mol. The van der Waals surface area contributed by atoms with Crippen LogP contribution in [0, 0.1) is 12.7 Å². The molecule has 0 bridgehead atoms. The van der Waals surface area contributed by atoms with Gasteiger partial charge in [0.25, 0.3) is 0 Å². The quantitative estimate of drug-likeness (QED) is 0.859. The Kier molecular flexibility index (Phi) is 4.48. The van der Waals surface area contributed by atoms with Gasteiger partial charge in [0.2, 0.25) is 0 Å². The lowest BCUT2D eigenvalue weighted by atomic mass is 9.85. The molecule has 0 aliphatic carbocycles. The number of benzene rings is 2. The van der Waals surface area contributed by atoms with Gasteiger partial charge in [0.1, 0.15) is 5.82 Å². The molecule has 0 saturated heterocycles. The molecule has 112 valence electrons. The van der Waals surface area contributed by atoms with Gasteiger partial charge in [0.15, 0.2) is 0 Å². The first-order valence-electron chi connectivity index (χ1n) is 7.36. The SMILES string of the molecule is CNC(c1ccc(C(C)(C)C)cc1)c1cc(F)ccc1C. The van der Waals surface area contributed by atoms with Crippen LogP contribution in [0.3, 0.4) is 0 Å². The maximum absolute atomic E-state index is 13.6. The molecule has 0 heterocycles. The summed E-state index contributed by atoms with van der Waals surface area (Å²) < 4.78 is 13.6.